The average molecular weight is 426 g/mol. The molecule has 152 valence electrons. The van der Waals surface area contributed by atoms with Gasteiger partial charge in [-0.1, -0.05) is 24.3 Å². The number of hydrogen-bond acceptors (Lipinski definition) is 6. The molecule has 2 aromatic rings. The zero-order valence-electron chi connectivity index (χ0n) is 15.2. The Labute approximate surface area is 165 Å². The largest absolute Gasteiger partial charge is 0.379 e. The smallest absolute Gasteiger partial charge is 0.240 e. The molecule has 0 aromatic heterocycles. The number of morpholine rings is 1. The molecule has 0 atom stereocenters. The Bertz CT molecular complexity index is 1020. The molecule has 0 amide bonds. The van der Waals surface area contributed by atoms with Crippen LogP contribution < -0.4 is 9.86 Å². The first kappa shape index (κ1) is 20.9. The number of rotatable bonds is 7. The first-order valence-electron chi connectivity index (χ1n) is 8.74. The van der Waals surface area contributed by atoms with E-state index >= 15 is 0 Å². The molecule has 0 saturated carbocycles. The predicted molar refractivity (Wildman–Crippen MR) is 104 cm³/mol. The number of nitrogens with one attached hydrogen (secondary N) is 1. The molecule has 2 aromatic carbocycles. The Balaban J connectivity index is 1.64. The SMILES string of the molecule is NS(=O)(=O)c1ccc(S(=O)(=O)NCc2cccc(CN3CCOCC3)c2)cc1. The Hall–Kier alpha value is -1.82. The third kappa shape index (κ3) is 5.60. The second-order valence-electron chi connectivity index (χ2n) is 6.55. The van der Waals surface area contributed by atoms with Crippen molar-refractivity contribution in [3.63, 3.8) is 0 Å². The second-order valence-corrected chi connectivity index (χ2v) is 9.88. The van der Waals surface area contributed by atoms with Gasteiger partial charge in [0, 0.05) is 26.2 Å². The number of nitrogens with two attached hydrogens (primary N) is 1. The standard InChI is InChI=1S/C18H23N3O5S2/c19-27(22,23)17-4-6-18(7-5-17)28(24,25)20-13-15-2-1-3-16(12-15)14-21-8-10-26-11-9-21/h1-7,12,20H,8-11,13-14H2,(H2,19,22,23). The third-order valence-electron chi connectivity index (χ3n) is 4.43. The van der Waals surface area contributed by atoms with Gasteiger partial charge in [0.25, 0.3) is 0 Å². The monoisotopic (exact) mass is 425 g/mol. The highest BCUT2D eigenvalue weighted by Gasteiger charge is 2.16. The number of benzene rings is 2. The fraction of sp³-hybridized carbons (Fsp3) is 0.333. The summed E-state index contributed by atoms with van der Waals surface area (Å²) in [6, 6.07) is 12.5. The van der Waals surface area contributed by atoms with Gasteiger partial charge >= 0.3 is 0 Å². The van der Waals surface area contributed by atoms with Crippen LogP contribution in [0.2, 0.25) is 0 Å². The summed E-state index contributed by atoms with van der Waals surface area (Å²) in [4.78, 5) is 2.13. The van der Waals surface area contributed by atoms with Crippen LogP contribution in [-0.2, 0) is 37.9 Å². The number of primary sulfonamides is 1. The minimum absolute atomic E-state index is 0.0237. The molecule has 3 rings (SSSR count). The summed E-state index contributed by atoms with van der Waals surface area (Å²) < 4.78 is 55.4. The fourth-order valence-corrected chi connectivity index (χ4v) is 4.46. The lowest BCUT2D eigenvalue weighted by molar-refractivity contribution is 0.0342. The molecule has 1 heterocycles. The number of sulfonamides is 2. The van der Waals surface area contributed by atoms with Crippen LogP contribution in [-0.4, -0.2) is 48.0 Å². The molecule has 1 fully saturated rings. The lowest BCUT2D eigenvalue weighted by Gasteiger charge is -2.26. The van der Waals surface area contributed by atoms with E-state index in [9.17, 15) is 16.8 Å². The van der Waals surface area contributed by atoms with Crippen molar-refractivity contribution in [2.24, 2.45) is 5.14 Å². The van der Waals surface area contributed by atoms with Gasteiger partial charge in [0.2, 0.25) is 20.0 Å². The van der Waals surface area contributed by atoms with Crippen molar-refractivity contribution in [3.8, 4) is 0 Å². The summed E-state index contributed by atoms with van der Waals surface area (Å²) in [6.45, 7) is 4.14. The molecule has 1 aliphatic rings. The van der Waals surface area contributed by atoms with Crippen LogP contribution in [0.3, 0.4) is 0 Å². The lowest BCUT2D eigenvalue weighted by Crippen LogP contribution is -2.35. The van der Waals surface area contributed by atoms with E-state index < -0.39 is 20.0 Å². The van der Waals surface area contributed by atoms with E-state index in [1.165, 1.54) is 24.3 Å². The van der Waals surface area contributed by atoms with Crippen LogP contribution in [0.5, 0.6) is 0 Å². The zero-order chi connectivity index (χ0) is 20.2. The molecule has 1 aliphatic heterocycles. The Morgan fingerprint density at radius 3 is 2.18 bits per heavy atom. The minimum atomic E-state index is -3.86. The molecule has 8 nitrogen and oxygen atoms in total. The van der Waals surface area contributed by atoms with E-state index in [-0.39, 0.29) is 16.3 Å². The van der Waals surface area contributed by atoms with E-state index in [2.05, 4.69) is 9.62 Å². The molecule has 1 saturated heterocycles. The molecular formula is C18H23N3O5S2. The van der Waals surface area contributed by atoms with E-state index in [1.807, 2.05) is 24.3 Å². The summed E-state index contributed by atoms with van der Waals surface area (Å²) in [5.74, 6) is 0. The topological polar surface area (TPSA) is 119 Å². The average Bonchev–Trinajstić information content (AvgIpc) is 2.67. The summed E-state index contributed by atoms with van der Waals surface area (Å²) in [7, 11) is -7.64. The van der Waals surface area contributed by atoms with Crippen LogP contribution in [0, 0.1) is 0 Å². The van der Waals surface area contributed by atoms with Crippen molar-refractivity contribution >= 4 is 20.0 Å². The van der Waals surface area contributed by atoms with Crippen LogP contribution in [0.15, 0.2) is 58.3 Å². The van der Waals surface area contributed by atoms with Crippen molar-refractivity contribution in [2.45, 2.75) is 22.9 Å². The van der Waals surface area contributed by atoms with Gasteiger partial charge in [-0.25, -0.2) is 26.7 Å². The van der Waals surface area contributed by atoms with Gasteiger partial charge in [-0.05, 0) is 35.4 Å². The van der Waals surface area contributed by atoms with E-state index in [0.29, 0.717) is 0 Å². The normalized spacial score (nSPS) is 16.2. The van der Waals surface area contributed by atoms with Gasteiger partial charge in [0.1, 0.15) is 0 Å². The maximum Gasteiger partial charge on any atom is 0.240 e. The summed E-state index contributed by atoms with van der Waals surface area (Å²) in [5.41, 5.74) is 1.95. The fourth-order valence-electron chi connectivity index (χ4n) is 2.93. The summed E-state index contributed by atoms with van der Waals surface area (Å²) >= 11 is 0. The number of hydrogen-bond donors (Lipinski definition) is 2. The highest BCUT2D eigenvalue weighted by atomic mass is 32.2. The van der Waals surface area contributed by atoms with E-state index in [4.69, 9.17) is 9.88 Å². The van der Waals surface area contributed by atoms with Gasteiger partial charge in [-0.3, -0.25) is 4.90 Å². The van der Waals surface area contributed by atoms with E-state index in [1.54, 1.807) is 0 Å². The molecule has 10 heteroatoms. The molecule has 0 aliphatic carbocycles. The van der Waals surface area contributed by atoms with Crippen molar-refractivity contribution < 1.29 is 21.6 Å². The van der Waals surface area contributed by atoms with Crippen molar-refractivity contribution in [1.29, 1.82) is 0 Å². The maximum atomic E-state index is 12.5. The number of nitrogens with zero attached hydrogens (tertiary/aromatic N) is 1. The first-order valence-corrected chi connectivity index (χ1v) is 11.8. The van der Waals surface area contributed by atoms with Crippen molar-refractivity contribution in [3.05, 3.63) is 59.7 Å². The lowest BCUT2D eigenvalue weighted by atomic mass is 10.1. The Morgan fingerprint density at radius 1 is 0.929 bits per heavy atom. The van der Waals surface area contributed by atoms with Gasteiger partial charge in [-0.2, -0.15) is 0 Å². The highest BCUT2D eigenvalue weighted by molar-refractivity contribution is 7.89. The highest BCUT2D eigenvalue weighted by Crippen LogP contribution is 2.15. The first-order chi connectivity index (χ1) is 13.2. The molecule has 0 unspecified atom stereocenters. The van der Waals surface area contributed by atoms with Crippen LogP contribution in [0.4, 0.5) is 0 Å². The van der Waals surface area contributed by atoms with Gasteiger partial charge in [-0.15, -0.1) is 0 Å². The van der Waals surface area contributed by atoms with Gasteiger partial charge in [0.05, 0.1) is 23.0 Å². The third-order valence-corrected chi connectivity index (χ3v) is 6.78. The molecule has 0 radical (unpaired) electrons. The second kappa shape index (κ2) is 8.68. The predicted octanol–water partition coefficient (Wildman–Crippen LogP) is 0.645. The summed E-state index contributed by atoms with van der Waals surface area (Å²) in [6.07, 6.45) is 0. The quantitative estimate of drug-likeness (QED) is 0.672. The van der Waals surface area contributed by atoms with Crippen LogP contribution in [0.25, 0.3) is 0 Å². The summed E-state index contributed by atoms with van der Waals surface area (Å²) in [5, 5.41) is 5.03. The van der Waals surface area contributed by atoms with Gasteiger partial charge in [0.15, 0.2) is 0 Å². The molecule has 3 N–H and O–H groups in total. The maximum absolute atomic E-state index is 12.5. The van der Waals surface area contributed by atoms with Gasteiger partial charge < -0.3 is 4.74 Å². The zero-order valence-corrected chi connectivity index (χ0v) is 16.9. The molecule has 0 bridgehead atoms. The molecule has 0 spiro atoms. The van der Waals surface area contributed by atoms with Crippen molar-refractivity contribution in [2.75, 3.05) is 26.3 Å². The van der Waals surface area contributed by atoms with E-state index in [0.717, 1.165) is 44.0 Å². The van der Waals surface area contributed by atoms with Crippen LogP contribution in [0.1, 0.15) is 11.1 Å². The molecular weight excluding hydrogens is 402 g/mol. The Kier molecular flexibility index (Phi) is 6.48. The number of ether oxygens (including phenoxy) is 1. The van der Waals surface area contributed by atoms with Crippen LogP contribution >= 0.6 is 0 Å². The molecule has 28 heavy (non-hydrogen) atoms. The minimum Gasteiger partial charge on any atom is -0.379 e. The van der Waals surface area contributed by atoms with Crippen molar-refractivity contribution in [1.82, 2.24) is 9.62 Å². The Morgan fingerprint density at radius 2 is 1.54 bits per heavy atom.